The van der Waals surface area contributed by atoms with Gasteiger partial charge in [0.25, 0.3) is 0 Å². The molecule has 1 heterocycles. The Kier molecular flexibility index (Phi) is 5.59. The van der Waals surface area contributed by atoms with Crippen LogP contribution in [0, 0.1) is 0 Å². The third kappa shape index (κ3) is 3.98. The van der Waals surface area contributed by atoms with Crippen LogP contribution >= 0.6 is 11.8 Å². The molecule has 0 bridgehead atoms. The van der Waals surface area contributed by atoms with Crippen LogP contribution in [0.3, 0.4) is 0 Å². The molecule has 5 heteroatoms. The van der Waals surface area contributed by atoms with Crippen molar-refractivity contribution < 1.29 is 0 Å². The maximum absolute atomic E-state index is 4.68. The van der Waals surface area contributed by atoms with Gasteiger partial charge in [-0.1, -0.05) is 20.8 Å². The molecule has 1 rings (SSSR count). The van der Waals surface area contributed by atoms with Crippen molar-refractivity contribution in [3.63, 3.8) is 0 Å². The minimum atomic E-state index is 0.395. The predicted octanol–water partition coefficient (Wildman–Crippen LogP) is 3.00. The van der Waals surface area contributed by atoms with Crippen LogP contribution in [-0.4, -0.2) is 40.5 Å². The van der Waals surface area contributed by atoms with Crippen LogP contribution in [0.4, 0.5) is 0 Å². The third-order valence-corrected chi connectivity index (χ3v) is 3.18. The summed E-state index contributed by atoms with van der Waals surface area (Å²) in [4.78, 5) is 9.22. The summed E-state index contributed by atoms with van der Waals surface area (Å²) in [7, 11) is 3.81. The maximum Gasteiger partial charge on any atom is 0.119 e. The van der Waals surface area contributed by atoms with Crippen molar-refractivity contribution in [1.29, 1.82) is 0 Å². The summed E-state index contributed by atoms with van der Waals surface area (Å²) in [6, 6.07) is 0. The van der Waals surface area contributed by atoms with Crippen molar-refractivity contribution in [2.45, 2.75) is 38.6 Å². The summed E-state index contributed by atoms with van der Waals surface area (Å²) in [6.07, 6.45) is 1.82. The standard InChI is InChI=1S/C13H22N4S/c1-7-18-13-12(9(2)3)14-8-11(15-13)10(4)16-17(5)6/h8-9H,7H2,1-6H3/b16-10+. The van der Waals surface area contributed by atoms with Crippen molar-refractivity contribution in [2.75, 3.05) is 19.8 Å². The van der Waals surface area contributed by atoms with Gasteiger partial charge in [-0.2, -0.15) is 5.10 Å². The van der Waals surface area contributed by atoms with Gasteiger partial charge in [-0.05, 0) is 18.6 Å². The molecule has 1 aromatic heterocycles. The first-order valence-corrected chi connectivity index (χ1v) is 7.16. The Bertz CT molecular complexity index is 427. The van der Waals surface area contributed by atoms with E-state index in [4.69, 9.17) is 0 Å². The molecule has 18 heavy (non-hydrogen) atoms. The Morgan fingerprint density at radius 1 is 1.44 bits per heavy atom. The Labute approximate surface area is 114 Å². The number of hydrogen-bond donors (Lipinski definition) is 0. The molecule has 1 aromatic rings. The van der Waals surface area contributed by atoms with Crippen molar-refractivity contribution in [2.24, 2.45) is 5.10 Å². The number of hydrogen-bond acceptors (Lipinski definition) is 5. The lowest BCUT2D eigenvalue weighted by molar-refractivity contribution is 0.437. The van der Waals surface area contributed by atoms with Gasteiger partial charge in [0.15, 0.2) is 0 Å². The highest BCUT2D eigenvalue weighted by Crippen LogP contribution is 2.24. The smallest absolute Gasteiger partial charge is 0.119 e. The fourth-order valence-corrected chi connectivity index (χ4v) is 2.42. The van der Waals surface area contributed by atoms with Crippen LogP contribution < -0.4 is 0 Å². The lowest BCUT2D eigenvalue weighted by Gasteiger charge is -2.12. The highest BCUT2D eigenvalue weighted by molar-refractivity contribution is 7.99. The molecule has 4 nitrogen and oxygen atoms in total. The Hall–Kier alpha value is -1.10. The maximum atomic E-state index is 4.68. The van der Waals surface area contributed by atoms with Gasteiger partial charge in [0.2, 0.25) is 0 Å². The third-order valence-electron chi connectivity index (χ3n) is 2.32. The molecule has 0 amide bonds. The van der Waals surface area contributed by atoms with Gasteiger partial charge in [0.1, 0.15) is 10.7 Å². The summed E-state index contributed by atoms with van der Waals surface area (Å²) < 4.78 is 0. The Balaban J connectivity index is 3.14. The van der Waals surface area contributed by atoms with E-state index < -0.39 is 0 Å². The first-order chi connectivity index (χ1) is 8.45. The van der Waals surface area contributed by atoms with Crippen molar-refractivity contribution in [1.82, 2.24) is 15.0 Å². The number of hydrazone groups is 1. The van der Waals surface area contributed by atoms with E-state index in [1.165, 1.54) is 0 Å². The highest BCUT2D eigenvalue weighted by Gasteiger charge is 2.12. The molecule has 0 aromatic carbocycles. The monoisotopic (exact) mass is 266 g/mol. The van der Waals surface area contributed by atoms with Gasteiger partial charge in [-0.15, -0.1) is 11.8 Å². The second kappa shape index (κ2) is 6.73. The Morgan fingerprint density at radius 2 is 2.11 bits per heavy atom. The summed E-state index contributed by atoms with van der Waals surface area (Å²) in [5.74, 6) is 1.40. The molecule has 0 aliphatic carbocycles. The van der Waals surface area contributed by atoms with Crippen molar-refractivity contribution >= 4 is 17.5 Å². The summed E-state index contributed by atoms with van der Waals surface area (Å²) in [5.41, 5.74) is 2.81. The predicted molar refractivity (Wildman–Crippen MR) is 78.4 cm³/mol. The summed E-state index contributed by atoms with van der Waals surface area (Å²) in [6.45, 7) is 8.37. The second-order valence-electron chi connectivity index (χ2n) is 4.57. The SMILES string of the molecule is CCSc1nc(/C(C)=N/N(C)C)cnc1C(C)C. The zero-order valence-electron chi connectivity index (χ0n) is 12.1. The van der Waals surface area contributed by atoms with Gasteiger partial charge in [0, 0.05) is 14.1 Å². The molecule has 0 N–H and O–H groups in total. The van der Waals surface area contributed by atoms with Gasteiger partial charge >= 0.3 is 0 Å². The van der Waals surface area contributed by atoms with E-state index in [0.717, 1.165) is 27.9 Å². The molecule has 0 atom stereocenters. The second-order valence-corrected chi connectivity index (χ2v) is 5.82. The molecule has 0 spiro atoms. The Morgan fingerprint density at radius 3 is 2.61 bits per heavy atom. The molecular formula is C13H22N4S. The van der Waals surface area contributed by atoms with Gasteiger partial charge in [-0.25, -0.2) is 4.98 Å². The minimum absolute atomic E-state index is 0.395. The lowest BCUT2D eigenvalue weighted by atomic mass is 10.1. The molecular weight excluding hydrogens is 244 g/mol. The number of rotatable bonds is 5. The molecule has 0 aliphatic heterocycles. The van der Waals surface area contributed by atoms with Gasteiger partial charge in [0.05, 0.1) is 17.6 Å². The molecule has 0 unspecified atom stereocenters. The largest absolute Gasteiger partial charge is 0.303 e. The average molecular weight is 266 g/mol. The first kappa shape index (κ1) is 15.0. The average Bonchev–Trinajstić information content (AvgIpc) is 2.28. The van der Waals surface area contributed by atoms with Crippen LogP contribution in [0.25, 0.3) is 0 Å². The summed E-state index contributed by atoms with van der Waals surface area (Å²) in [5, 5.41) is 7.17. The van der Waals surface area contributed by atoms with E-state index in [-0.39, 0.29) is 0 Å². The number of thioether (sulfide) groups is 1. The first-order valence-electron chi connectivity index (χ1n) is 6.18. The molecule has 0 saturated carbocycles. The van der Waals surface area contributed by atoms with E-state index in [0.29, 0.717) is 5.92 Å². The zero-order chi connectivity index (χ0) is 13.7. The van der Waals surface area contributed by atoms with E-state index in [1.54, 1.807) is 16.8 Å². The normalized spacial score (nSPS) is 12.1. The van der Waals surface area contributed by atoms with Crippen LogP contribution in [-0.2, 0) is 0 Å². The van der Waals surface area contributed by atoms with Crippen LogP contribution in [0.15, 0.2) is 16.3 Å². The van der Waals surface area contributed by atoms with E-state index in [9.17, 15) is 0 Å². The van der Waals surface area contributed by atoms with Crippen LogP contribution in [0.1, 0.15) is 45.0 Å². The van der Waals surface area contributed by atoms with Gasteiger partial charge in [-0.3, -0.25) is 4.98 Å². The fourth-order valence-electron chi connectivity index (χ4n) is 1.55. The van der Waals surface area contributed by atoms with Crippen molar-refractivity contribution in [3.05, 3.63) is 17.6 Å². The zero-order valence-corrected chi connectivity index (χ0v) is 12.9. The van der Waals surface area contributed by atoms with Crippen LogP contribution in [0.2, 0.25) is 0 Å². The van der Waals surface area contributed by atoms with Crippen molar-refractivity contribution in [3.8, 4) is 0 Å². The molecule has 0 aliphatic rings. The summed E-state index contributed by atoms with van der Waals surface area (Å²) >= 11 is 1.74. The molecule has 0 radical (unpaired) electrons. The van der Waals surface area contributed by atoms with E-state index >= 15 is 0 Å². The molecule has 0 fully saturated rings. The lowest BCUT2D eigenvalue weighted by Crippen LogP contribution is -2.11. The molecule has 0 saturated heterocycles. The molecule has 100 valence electrons. The highest BCUT2D eigenvalue weighted by atomic mass is 32.2. The number of aromatic nitrogens is 2. The topological polar surface area (TPSA) is 41.4 Å². The van der Waals surface area contributed by atoms with Crippen LogP contribution in [0.5, 0.6) is 0 Å². The quantitative estimate of drug-likeness (QED) is 0.467. The minimum Gasteiger partial charge on any atom is -0.303 e. The number of nitrogens with zero attached hydrogens (tertiary/aromatic N) is 4. The van der Waals surface area contributed by atoms with E-state index in [1.807, 2.05) is 27.2 Å². The van der Waals surface area contributed by atoms with Gasteiger partial charge < -0.3 is 5.01 Å². The fraction of sp³-hybridized carbons (Fsp3) is 0.615. The van der Waals surface area contributed by atoms with E-state index in [2.05, 4.69) is 35.8 Å².